The smallest absolute Gasteiger partial charge is 0.124 e. The molecule has 0 spiro atoms. The lowest BCUT2D eigenvalue weighted by Gasteiger charge is -2.11. The Morgan fingerprint density at radius 3 is 2.82 bits per heavy atom. The molecule has 2 rings (SSSR count). The van der Waals surface area contributed by atoms with Crippen LogP contribution in [0.2, 0.25) is 0 Å². The molecule has 0 aliphatic heterocycles. The normalized spacial score (nSPS) is 11.1. The summed E-state index contributed by atoms with van der Waals surface area (Å²) in [5.41, 5.74) is 1.18. The van der Waals surface area contributed by atoms with Gasteiger partial charge in [-0.1, -0.05) is 0 Å². The Hall–Kier alpha value is -1.78. The Balaban J connectivity index is 1.99. The number of hydrogen-bond donors (Lipinski definition) is 1. The number of rotatable bonds is 5. The fourth-order valence-corrected chi connectivity index (χ4v) is 1.73. The van der Waals surface area contributed by atoms with Gasteiger partial charge in [0.15, 0.2) is 0 Å². The van der Waals surface area contributed by atoms with Gasteiger partial charge in [-0.3, -0.25) is 4.68 Å². The number of aromatic nitrogens is 4. The van der Waals surface area contributed by atoms with Crippen LogP contribution in [0, 0.1) is 0 Å². The van der Waals surface area contributed by atoms with Gasteiger partial charge < -0.3 is 5.32 Å². The van der Waals surface area contributed by atoms with Crippen molar-refractivity contribution in [3.63, 3.8) is 0 Å². The molecule has 2 aromatic rings. The first-order chi connectivity index (χ1) is 8.20. The van der Waals surface area contributed by atoms with E-state index < -0.39 is 0 Å². The van der Waals surface area contributed by atoms with Crippen LogP contribution in [-0.2, 0) is 13.1 Å². The van der Waals surface area contributed by atoms with Crippen LogP contribution in [0.1, 0.15) is 32.4 Å². The van der Waals surface area contributed by atoms with Crippen molar-refractivity contribution >= 4 is 5.82 Å². The summed E-state index contributed by atoms with van der Waals surface area (Å²) in [5.74, 6) is 1.05. The largest absolute Gasteiger partial charge is 0.366 e. The van der Waals surface area contributed by atoms with Crippen molar-refractivity contribution in [2.24, 2.45) is 0 Å². The highest BCUT2D eigenvalue weighted by molar-refractivity contribution is 5.35. The highest BCUT2D eigenvalue weighted by atomic mass is 15.3. The third-order valence-electron chi connectivity index (χ3n) is 2.64. The molecule has 2 heterocycles. The molecule has 5 heteroatoms. The maximum Gasteiger partial charge on any atom is 0.124 e. The lowest BCUT2D eigenvalue weighted by Crippen LogP contribution is -2.09. The molecule has 0 fully saturated rings. The average molecular weight is 233 g/mol. The summed E-state index contributed by atoms with van der Waals surface area (Å²) in [7, 11) is 0. The number of nitrogens with one attached hydrogen (secondary N) is 1. The molecule has 0 aliphatic rings. The summed E-state index contributed by atoms with van der Waals surface area (Å²) >= 11 is 0. The van der Waals surface area contributed by atoms with Crippen molar-refractivity contribution in [1.82, 2.24) is 19.6 Å². The molecule has 0 saturated carbocycles. The minimum Gasteiger partial charge on any atom is -0.366 e. The number of nitrogens with zero attached hydrogens (tertiary/aromatic N) is 4. The second-order valence-electron chi connectivity index (χ2n) is 4.31. The molecule has 2 aromatic heterocycles. The van der Waals surface area contributed by atoms with E-state index in [-0.39, 0.29) is 0 Å². The molecule has 0 saturated heterocycles. The van der Waals surface area contributed by atoms with Gasteiger partial charge in [0.05, 0.1) is 12.4 Å². The minimum absolute atomic E-state index is 0.367. The number of anilines is 1. The third-order valence-corrected chi connectivity index (χ3v) is 2.64. The zero-order valence-corrected chi connectivity index (χ0v) is 10.6. The minimum atomic E-state index is 0.367. The van der Waals surface area contributed by atoms with Crippen molar-refractivity contribution in [2.45, 2.75) is 39.9 Å². The van der Waals surface area contributed by atoms with Gasteiger partial charge in [-0.25, -0.2) is 4.68 Å². The van der Waals surface area contributed by atoms with Crippen molar-refractivity contribution in [2.75, 3.05) is 5.32 Å². The summed E-state index contributed by atoms with van der Waals surface area (Å²) in [6, 6.07) is 2.36. The third kappa shape index (κ3) is 2.67. The Morgan fingerprint density at radius 1 is 1.35 bits per heavy atom. The zero-order valence-electron chi connectivity index (χ0n) is 10.6. The van der Waals surface area contributed by atoms with E-state index in [1.165, 1.54) is 5.56 Å². The van der Waals surface area contributed by atoms with Crippen LogP contribution in [0.4, 0.5) is 5.82 Å². The Bertz CT molecular complexity index is 469. The van der Waals surface area contributed by atoms with E-state index in [1.54, 1.807) is 0 Å². The lowest BCUT2D eigenvalue weighted by molar-refractivity contribution is 0.537. The molecule has 0 aromatic carbocycles. The molecule has 17 heavy (non-hydrogen) atoms. The predicted octanol–water partition coefficient (Wildman–Crippen LogP) is 2.29. The van der Waals surface area contributed by atoms with Crippen molar-refractivity contribution < 1.29 is 0 Å². The predicted molar refractivity (Wildman–Crippen MR) is 67.8 cm³/mol. The topological polar surface area (TPSA) is 47.7 Å². The van der Waals surface area contributed by atoms with Crippen molar-refractivity contribution in [3.05, 3.63) is 30.2 Å². The molecule has 0 atom stereocenters. The van der Waals surface area contributed by atoms with E-state index in [1.807, 2.05) is 27.8 Å². The van der Waals surface area contributed by atoms with E-state index in [9.17, 15) is 0 Å². The highest BCUT2D eigenvalue weighted by Crippen LogP contribution is 2.14. The summed E-state index contributed by atoms with van der Waals surface area (Å²) in [6.07, 6.45) is 5.77. The van der Waals surface area contributed by atoms with E-state index >= 15 is 0 Å². The standard InChI is InChI=1S/C12H19N5/c1-4-16-9-11(8-15-16)7-13-12-5-6-14-17(12)10(2)3/h5-6,8-10,13H,4,7H2,1-3H3. The quantitative estimate of drug-likeness (QED) is 0.862. The molecule has 0 unspecified atom stereocenters. The lowest BCUT2D eigenvalue weighted by atomic mass is 10.3. The first kappa shape index (κ1) is 11.7. The molecular formula is C12H19N5. The molecule has 0 radical (unpaired) electrons. The van der Waals surface area contributed by atoms with Crippen LogP contribution in [0.25, 0.3) is 0 Å². The van der Waals surface area contributed by atoms with Crippen LogP contribution >= 0.6 is 0 Å². The van der Waals surface area contributed by atoms with Gasteiger partial charge >= 0.3 is 0 Å². The van der Waals surface area contributed by atoms with Gasteiger partial charge in [-0.15, -0.1) is 0 Å². The molecule has 5 nitrogen and oxygen atoms in total. The summed E-state index contributed by atoms with van der Waals surface area (Å²) in [4.78, 5) is 0. The second-order valence-corrected chi connectivity index (χ2v) is 4.31. The van der Waals surface area contributed by atoms with Crippen molar-refractivity contribution in [3.8, 4) is 0 Å². The fraction of sp³-hybridized carbons (Fsp3) is 0.500. The first-order valence-electron chi connectivity index (χ1n) is 5.99. The Morgan fingerprint density at radius 2 is 2.18 bits per heavy atom. The molecular weight excluding hydrogens is 214 g/mol. The van der Waals surface area contributed by atoms with Gasteiger partial charge in [0.1, 0.15) is 5.82 Å². The number of aryl methyl sites for hydroxylation is 1. The summed E-state index contributed by atoms with van der Waals surface area (Å²) in [6.45, 7) is 8.00. The highest BCUT2D eigenvalue weighted by Gasteiger charge is 2.05. The molecule has 0 bridgehead atoms. The maximum atomic E-state index is 4.28. The van der Waals surface area contributed by atoms with Crippen LogP contribution < -0.4 is 5.32 Å². The van der Waals surface area contributed by atoms with E-state index in [0.29, 0.717) is 6.04 Å². The van der Waals surface area contributed by atoms with Crippen LogP contribution in [0.15, 0.2) is 24.7 Å². The van der Waals surface area contributed by atoms with E-state index in [0.717, 1.165) is 18.9 Å². The SMILES string of the molecule is CCn1cc(CNc2ccnn2C(C)C)cn1. The Kier molecular flexibility index (Phi) is 3.46. The molecule has 92 valence electrons. The van der Waals surface area contributed by atoms with Crippen molar-refractivity contribution in [1.29, 1.82) is 0 Å². The van der Waals surface area contributed by atoms with Crippen LogP contribution in [-0.4, -0.2) is 19.6 Å². The maximum absolute atomic E-state index is 4.28. The van der Waals surface area contributed by atoms with E-state index in [2.05, 4.69) is 42.5 Å². The van der Waals surface area contributed by atoms with Crippen LogP contribution in [0.3, 0.4) is 0 Å². The summed E-state index contributed by atoms with van der Waals surface area (Å²) < 4.78 is 3.90. The van der Waals surface area contributed by atoms with Gasteiger partial charge in [-0.05, 0) is 20.8 Å². The van der Waals surface area contributed by atoms with Crippen LogP contribution in [0.5, 0.6) is 0 Å². The van der Waals surface area contributed by atoms with Gasteiger partial charge in [0, 0.05) is 37.0 Å². The molecule has 0 amide bonds. The molecule has 0 aliphatic carbocycles. The van der Waals surface area contributed by atoms with E-state index in [4.69, 9.17) is 0 Å². The second kappa shape index (κ2) is 5.03. The first-order valence-corrected chi connectivity index (χ1v) is 5.99. The average Bonchev–Trinajstić information content (AvgIpc) is 2.95. The fourth-order valence-electron chi connectivity index (χ4n) is 1.73. The monoisotopic (exact) mass is 233 g/mol. The zero-order chi connectivity index (χ0) is 12.3. The van der Waals surface area contributed by atoms with Gasteiger partial charge in [0.2, 0.25) is 0 Å². The molecule has 1 N–H and O–H groups in total. The summed E-state index contributed by atoms with van der Waals surface area (Å²) in [5, 5.41) is 11.9. The van der Waals surface area contributed by atoms with Gasteiger partial charge in [-0.2, -0.15) is 10.2 Å². The number of hydrogen-bond acceptors (Lipinski definition) is 3. The Labute approximate surface area is 101 Å². The van der Waals surface area contributed by atoms with Gasteiger partial charge in [0.25, 0.3) is 0 Å².